The first-order valence-corrected chi connectivity index (χ1v) is 7.15. The molecule has 1 aliphatic heterocycles. The van der Waals surface area contributed by atoms with E-state index in [1.165, 1.54) is 4.42 Å². The van der Waals surface area contributed by atoms with Crippen molar-refractivity contribution >= 4 is 41.4 Å². The normalized spacial score (nSPS) is 26.2. The number of benzene rings is 1. The minimum absolute atomic E-state index is 0.112. The van der Waals surface area contributed by atoms with Crippen LogP contribution in [-0.2, 0) is 0 Å². The second kappa shape index (κ2) is 6.98. The highest BCUT2D eigenvalue weighted by Crippen LogP contribution is 2.27. The topological polar surface area (TPSA) is 19.0 Å². The second-order valence-corrected chi connectivity index (χ2v) is 5.72. The molecule has 2 atom stereocenters. The van der Waals surface area contributed by atoms with Crippen molar-refractivity contribution in [1.82, 2.24) is 13.3 Å². The standard InChI is InChI=1S/C13H16Cl3N3O/c1-10-17(14)9-18(15)13(19(10)16)8-5-11-3-6-12(20-2)7-4-11/h3-8,10,13H,9H2,1-2H3. The molecule has 4 nitrogen and oxygen atoms in total. The Labute approximate surface area is 134 Å². The Morgan fingerprint density at radius 3 is 2.40 bits per heavy atom. The van der Waals surface area contributed by atoms with Gasteiger partial charge in [0, 0.05) is 0 Å². The fourth-order valence-corrected chi connectivity index (χ4v) is 2.78. The Kier molecular flexibility index (Phi) is 5.55. The van der Waals surface area contributed by atoms with Gasteiger partial charge in [-0.25, -0.2) is 0 Å². The van der Waals surface area contributed by atoms with Gasteiger partial charge in [-0.15, -0.1) is 0 Å². The summed E-state index contributed by atoms with van der Waals surface area (Å²) in [5, 5.41) is 0. The molecule has 1 aliphatic rings. The van der Waals surface area contributed by atoms with Crippen molar-refractivity contribution in [1.29, 1.82) is 0 Å². The molecule has 20 heavy (non-hydrogen) atoms. The van der Waals surface area contributed by atoms with Crippen LogP contribution in [0.3, 0.4) is 0 Å². The zero-order valence-electron chi connectivity index (χ0n) is 11.2. The first kappa shape index (κ1) is 15.9. The average molecular weight is 337 g/mol. The van der Waals surface area contributed by atoms with E-state index in [0.717, 1.165) is 11.3 Å². The highest BCUT2D eigenvalue weighted by molar-refractivity contribution is 6.18. The van der Waals surface area contributed by atoms with Gasteiger partial charge in [-0.3, -0.25) is 0 Å². The third kappa shape index (κ3) is 3.58. The van der Waals surface area contributed by atoms with Crippen LogP contribution in [0.15, 0.2) is 30.3 Å². The van der Waals surface area contributed by atoms with Gasteiger partial charge < -0.3 is 4.74 Å². The molecule has 0 aromatic heterocycles. The smallest absolute Gasteiger partial charge is 0.118 e. The molecule has 1 fully saturated rings. The Bertz CT molecular complexity index is 468. The summed E-state index contributed by atoms with van der Waals surface area (Å²) in [4.78, 5) is 0. The number of methoxy groups -OCH3 is 1. The third-order valence-corrected chi connectivity index (χ3v) is 4.33. The van der Waals surface area contributed by atoms with Crippen LogP contribution >= 0.6 is 35.3 Å². The largest absolute Gasteiger partial charge is 0.497 e. The highest BCUT2D eigenvalue weighted by Gasteiger charge is 2.34. The molecule has 0 N–H and O–H groups in total. The van der Waals surface area contributed by atoms with Crippen LogP contribution in [0.2, 0.25) is 0 Å². The summed E-state index contributed by atoms with van der Waals surface area (Å²) in [5.74, 6) is 0.823. The minimum Gasteiger partial charge on any atom is -0.497 e. The van der Waals surface area contributed by atoms with Gasteiger partial charge in [-0.2, -0.15) is 13.3 Å². The molecule has 1 saturated heterocycles. The van der Waals surface area contributed by atoms with Gasteiger partial charge >= 0.3 is 0 Å². The van der Waals surface area contributed by atoms with Crippen molar-refractivity contribution in [3.05, 3.63) is 35.9 Å². The van der Waals surface area contributed by atoms with Crippen molar-refractivity contribution in [2.24, 2.45) is 0 Å². The van der Waals surface area contributed by atoms with E-state index in [-0.39, 0.29) is 12.3 Å². The molecule has 110 valence electrons. The van der Waals surface area contributed by atoms with Crippen LogP contribution in [0.1, 0.15) is 12.5 Å². The second-order valence-electron chi connectivity index (χ2n) is 4.46. The van der Waals surface area contributed by atoms with Gasteiger partial charge in [-0.1, -0.05) is 18.2 Å². The Hall–Kier alpha value is -0.490. The van der Waals surface area contributed by atoms with Crippen molar-refractivity contribution in [2.45, 2.75) is 19.3 Å². The van der Waals surface area contributed by atoms with Crippen LogP contribution in [0.4, 0.5) is 0 Å². The van der Waals surface area contributed by atoms with E-state index in [9.17, 15) is 0 Å². The highest BCUT2D eigenvalue weighted by atomic mass is 35.5. The van der Waals surface area contributed by atoms with E-state index in [1.54, 1.807) is 15.9 Å². The first-order chi connectivity index (χ1) is 9.52. The third-order valence-electron chi connectivity index (χ3n) is 3.15. The van der Waals surface area contributed by atoms with Gasteiger partial charge in [0.05, 0.1) is 19.9 Å². The summed E-state index contributed by atoms with van der Waals surface area (Å²) in [6.45, 7) is 2.34. The molecule has 0 saturated carbocycles. The number of nitrogens with zero attached hydrogens (tertiary/aromatic N) is 3. The molecule has 1 aromatic rings. The van der Waals surface area contributed by atoms with E-state index >= 15 is 0 Å². The van der Waals surface area contributed by atoms with Crippen molar-refractivity contribution < 1.29 is 4.74 Å². The van der Waals surface area contributed by atoms with Crippen LogP contribution in [-0.4, -0.2) is 39.4 Å². The van der Waals surface area contributed by atoms with Crippen LogP contribution in [0.5, 0.6) is 5.75 Å². The van der Waals surface area contributed by atoms with E-state index in [4.69, 9.17) is 40.1 Å². The van der Waals surface area contributed by atoms with Crippen molar-refractivity contribution in [3.8, 4) is 5.75 Å². The van der Waals surface area contributed by atoms with Gasteiger partial charge in [0.2, 0.25) is 0 Å². The lowest BCUT2D eigenvalue weighted by atomic mass is 10.2. The number of hydrogen-bond acceptors (Lipinski definition) is 4. The average Bonchev–Trinajstić information content (AvgIpc) is 2.45. The van der Waals surface area contributed by atoms with Gasteiger partial charge in [0.25, 0.3) is 0 Å². The predicted molar refractivity (Wildman–Crippen MR) is 83.2 cm³/mol. The Morgan fingerprint density at radius 2 is 1.80 bits per heavy atom. The molecule has 0 bridgehead atoms. The summed E-state index contributed by atoms with van der Waals surface area (Å²) >= 11 is 18.4. The maximum Gasteiger partial charge on any atom is 0.118 e. The zero-order chi connectivity index (χ0) is 14.7. The number of hydrogen-bond donors (Lipinski definition) is 0. The monoisotopic (exact) mass is 335 g/mol. The lowest BCUT2D eigenvalue weighted by Gasteiger charge is -2.42. The first-order valence-electron chi connectivity index (χ1n) is 6.14. The number of halogens is 3. The minimum atomic E-state index is -0.231. The van der Waals surface area contributed by atoms with Gasteiger partial charge in [0.1, 0.15) is 11.9 Å². The molecule has 2 rings (SSSR count). The fraction of sp³-hybridized carbons (Fsp3) is 0.385. The molecule has 0 spiro atoms. The molecule has 0 aliphatic carbocycles. The van der Waals surface area contributed by atoms with Crippen LogP contribution < -0.4 is 4.74 Å². The van der Waals surface area contributed by atoms with E-state index < -0.39 is 0 Å². The molecule has 1 aromatic carbocycles. The van der Waals surface area contributed by atoms with E-state index in [2.05, 4.69) is 0 Å². The predicted octanol–water partition coefficient (Wildman–Crippen LogP) is 3.72. The number of rotatable bonds is 3. The Balaban J connectivity index is 2.08. The van der Waals surface area contributed by atoms with Crippen LogP contribution in [0, 0.1) is 0 Å². The van der Waals surface area contributed by atoms with E-state index in [1.807, 2.05) is 43.3 Å². The van der Waals surface area contributed by atoms with Crippen LogP contribution in [0.25, 0.3) is 6.08 Å². The molecular weight excluding hydrogens is 321 g/mol. The molecule has 0 amide bonds. The summed E-state index contributed by atoms with van der Waals surface area (Å²) in [5.41, 5.74) is 1.04. The summed E-state index contributed by atoms with van der Waals surface area (Å²) in [6, 6.07) is 7.74. The lowest BCUT2D eigenvalue weighted by Crippen LogP contribution is -2.55. The summed E-state index contributed by atoms with van der Waals surface area (Å²) < 4.78 is 9.77. The number of ether oxygens (including phenoxy) is 1. The summed E-state index contributed by atoms with van der Waals surface area (Å²) in [7, 11) is 1.64. The molecule has 1 heterocycles. The quantitative estimate of drug-likeness (QED) is 0.783. The molecular formula is C13H16Cl3N3O. The van der Waals surface area contributed by atoms with Gasteiger partial charge in [0.15, 0.2) is 0 Å². The van der Waals surface area contributed by atoms with Crippen molar-refractivity contribution in [3.63, 3.8) is 0 Å². The molecule has 2 unspecified atom stereocenters. The van der Waals surface area contributed by atoms with Crippen molar-refractivity contribution in [2.75, 3.05) is 13.8 Å². The molecule has 7 heteroatoms. The fourth-order valence-electron chi connectivity index (χ4n) is 1.88. The van der Waals surface area contributed by atoms with Gasteiger partial charge in [-0.05, 0) is 66.0 Å². The zero-order valence-corrected chi connectivity index (χ0v) is 13.5. The Morgan fingerprint density at radius 1 is 1.15 bits per heavy atom. The summed E-state index contributed by atoms with van der Waals surface area (Å²) in [6.07, 6.45) is 3.55. The maximum atomic E-state index is 6.25. The van der Waals surface area contributed by atoms with E-state index in [0.29, 0.717) is 6.67 Å². The SMILES string of the molecule is COc1ccc(C=CC2N(Cl)CN(Cl)C(C)N2Cl)cc1. The lowest BCUT2D eigenvalue weighted by molar-refractivity contribution is 0.0367. The maximum absolute atomic E-state index is 6.25. The molecule has 0 radical (unpaired) electrons.